The average Bonchev–Trinajstić information content (AvgIpc) is 2.83. The monoisotopic (exact) mass is 291 g/mol. The Hall–Kier alpha value is -1.10. The zero-order valence-corrected chi connectivity index (χ0v) is 13.2. The fraction of sp³-hybridized carbons (Fsp3) is 0.875. The highest BCUT2D eigenvalue weighted by Crippen LogP contribution is 2.30. The van der Waals surface area contributed by atoms with Crippen LogP contribution in [0.25, 0.3) is 0 Å². The Labute approximate surface area is 127 Å². The molecule has 1 aliphatic carbocycles. The second kappa shape index (κ2) is 6.77. The number of aromatic nitrogens is 3. The highest BCUT2D eigenvalue weighted by molar-refractivity contribution is 5.30. The van der Waals surface area contributed by atoms with Crippen LogP contribution in [0.1, 0.15) is 70.0 Å². The smallest absolute Gasteiger partial charge is 0.244 e. The second-order valence-corrected chi connectivity index (χ2v) is 6.89. The van der Waals surface area contributed by atoms with E-state index in [-0.39, 0.29) is 0 Å². The molecular weight excluding hydrogens is 262 g/mol. The van der Waals surface area contributed by atoms with Gasteiger partial charge < -0.3 is 10.6 Å². The largest absolute Gasteiger partial charge is 0.340 e. The van der Waals surface area contributed by atoms with Crippen LogP contribution >= 0.6 is 0 Å². The predicted octanol–water partition coefficient (Wildman–Crippen LogP) is 2.81. The Kier molecular flexibility index (Phi) is 4.78. The normalized spacial score (nSPS) is 24.0. The summed E-state index contributed by atoms with van der Waals surface area (Å²) in [5, 5.41) is 7.68. The molecule has 1 atom stereocenters. The molecule has 1 unspecified atom stereocenters. The van der Waals surface area contributed by atoms with Gasteiger partial charge in [0.15, 0.2) is 0 Å². The van der Waals surface area contributed by atoms with Gasteiger partial charge in [0.25, 0.3) is 0 Å². The summed E-state index contributed by atoms with van der Waals surface area (Å²) in [5.41, 5.74) is 6.01. The maximum absolute atomic E-state index is 6.01. The molecule has 0 amide bonds. The van der Waals surface area contributed by atoms with Crippen molar-refractivity contribution in [2.45, 2.75) is 70.3 Å². The van der Waals surface area contributed by atoms with Crippen LogP contribution in [0, 0.1) is 5.92 Å². The van der Waals surface area contributed by atoms with Crippen molar-refractivity contribution in [1.82, 2.24) is 15.2 Å². The van der Waals surface area contributed by atoms with Gasteiger partial charge >= 0.3 is 0 Å². The van der Waals surface area contributed by atoms with E-state index in [1.807, 2.05) is 0 Å². The van der Waals surface area contributed by atoms with Gasteiger partial charge in [0, 0.05) is 25.0 Å². The summed E-state index contributed by atoms with van der Waals surface area (Å²) in [5.74, 6) is 3.26. The first-order chi connectivity index (χ1) is 10.2. The Bertz CT molecular complexity index is 426. The minimum absolute atomic E-state index is 0.306. The summed E-state index contributed by atoms with van der Waals surface area (Å²) in [6.07, 6.45) is 10.3. The SMILES string of the molecule is CC(N)C1CCN(c2n[nH]c(C3CCCCCC3)n2)CC1. The van der Waals surface area contributed by atoms with Crippen LogP contribution in [-0.2, 0) is 0 Å². The summed E-state index contributed by atoms with van der Waals surface area (Å²) in [6.45, 7) is 4.19. The van der Waals surface area contributed by atoms with Gasteiger partial charge in [-0.15, -0.1) is 5.10 Å². The van der Waals surface area contributed by atoms with Crippen molar-refractivity contribution >= 4 is 5.95 Å². The molecule has 3 rings (SSSR count). The van der Waals surface area contributed by atoms with E-state index in [9.17, 15) is 0 Å². The third kappa shape index (κ3) is 3.57. The van der Waals surface area contributed by atoms with Gasteiger partial charge in [-0.2, -0.15) is 4.98 Å². The fourth-order valence-corrected chi connectivity index (χ4v) is 3.77. The van der Waals surface area contributed by atoms with Crippen molar-refractivity contribution in [3.63, 3.8) is 0 Å². The molecule has 3 N–H and O–H groups in total. The number of H-pyrrole nitrogens is 1. The molecule has 0 radical (unpaired) electrons. The van der Waals surface area contributed by atoms with Gasteiger partial charge in [-0.25, -0.2) is 0 Å². The van der Waals surface area contributed by atoms with E-state index >= 15 is 0 Å². The van der Waals surface area contributed by atoms with Crippen molar-refractivity contribution in [3.05, 3.63) is 5.82 Å². The van der Waals surface area contributed by atoms with Crippen LogP contribution in [0.15, 0.2) is 0 Å². The van der Waals surface area contributed by atoms with Gasteiger partial charge in [0.2, 0.25) is 5.95 Å². The van der Waals surface area contributed by atoms with E-state index in [4.69, 9.17) is 10.7 Å². The number of anilines is 1. The van der Waals surface area contributed by atoms with E-state index in [0.717, 1.165) is 37.7 Å². The van der Waals surface area contributed by atoms with Crippen molar-refractivity contribution in [3.8, 4) is 0 Å². The average molecular weight is 291 g/mol. The Morgan fingerprint density at radius 3 is 2.38 bits per heavy atom. The molecule has 1 aromatic heterocycles. The zero-order chi connectivity index (χ0) is 14.7. The lowest BCUT2D eigenvalue weighted by Gasteiger charge is -2.32. The van der Waals surface area contributed by atoms with E-state index in [0.29, 0.717) is 17.9 Å². The molecule has 0 aromatic carbocycles. The number of nitrogens with zero attached hydrogens (tertiary/aromatic N) is 3. The molecule has 21 heavy (non-hydrogen) atoms. The molecule has 1 aliphatic heterocycles. The molecule has 118 valence electrons. The second-order valence-electron chi connectivity index (χ2n) is 6.89. The lowest BCUT2D eigenvalue weighted by molar-refractivity contribution is 0.352. The number of nitrogens with one attached hydrogen (secondary N) is 1. The minimum Gasteiger partial charge on any atom is -0.340 e. The van der Waals surface area contributed by atoms with Crippen LogP contribution < -0.4 is 10.6 Å². The van der Waals surface area contributed by atoms with E-state index < -0.39 is 0 Å². The standard InChI is InChI=1S/C16H29N5/c1-12(17)13-8-10-21(11-9-13)16-18-15(19-20-16)14-6-4-2-3-5-7-14/h12-14H,2-11,17H2,1H3,(H,18,19,20). The molecule has 2 heterocycles. The number of rotatable bonds is 3. The number of nitrogens with two attached hydrogens (primary N) is 1. The lowest BCUT2D eigenvalue weighted by Crippen LogP contribution is -2.40. The Balaban J connectivity index is 1.60. The summed E-state index contributed by atoms with van der Waals surface area (Å²) in [4.78, 5) is 7.11. The Morgan fingerprint density at radius 1 is 1.10 bits per heavy atom. The summed E-state index contributed by atoms with van der Waals surface area (Å²) < 4.78 is 0. The van der Waals surface area contributed by atoms with Gasteiger partial charge in [0.1, 0.15) is 5.82 Å². The topological polar surface area (TPSA) is 70.8 Å². The number of piperidine rings is 1. The first-order valence-electron chi connectivity index (χ1n) is 8.67. The number of aromatic amines is 1. The lowest BCUT2D eigenvalue weighted by atomic mass is 9.91. The molecular formula is C16H29N5. The van der Waals surface area contributed by atoms with E-state index in [2.05, 4.69) is 22.0 Å². The first-order valence-corrected chi connectivity index (χ1v) is 8.67. The minimum atomic E-state index is 0.306. The maximum Gasteiger partial charge on any atom is 0.244 e. The van der Waals surface area contributed by atoms with Crippen LogP contribution in [0.2, 0.25) is 0 Å². The first kappa shape index (κ1) is 14.8. The third-order valence-electron chi connectivity index (χ3n) is 5.30. The van der Waals surface area contributed by atoms with Crippen LogP contribution in [0.3, 0.4) is 0 Å². The molecule has 0 bridgehead atoms. The molecule has 5 heteroatoms. The van der Waals surface area contributed by atoms with E-state index in [1.54, 1.807) is 0 Å². The molecule has 2 fully saturated rings. The van der Waals surface area contributed by atoms with Crippen LogP contribution in [0.4, 0.5) is 5.95 Å². The van der Waals surface area contributed by atoms with Crippen LogP contribution in [-0.4, -0.2) is 34.3 Å². The molecule has 1 aromatic rings. The van der Waals surface area contributed by atoms with Crippen LogP contribution in [0.5, 0.6) is 0 Å². The van der Waals surface area contributed by atoms with Crippen molar-refractivity contribution < 1.29 is 0 Å². The maximum atomic E-state index is 6.01. The Morgan fingerprint density at radius 2 is 1.76 bits per heavy atom. The molecule has 0 spiro atoms. The summed E-state index contributed by atoms with van der Waals surface area (Å²) in [7, 11) is 0. The summed E-state index contributed by atoms with van der Waals surface area (Å²) in [6, 6.07) is 0.306. The quantitative estimate of drug-likeness (QED) is 0.840. The number of hydrogen-bond acceptors (Lipinski definition) is 4. The van der Waals surface area contributed by atoms with Gasteiger partial charge in [0.05, 0.1) is 0 Å². The zero-order valence-electron chi connectivity index (χ0n) is 13.2. The van der Waals surface area contributed by atoms with Crippen molar-refractivity contribution in [2.75, 3.05) is 18.0 Å². The number of hydrogen-bond donors (Lipinski definition) is 2. The van der Waals surface area contributed by atoms with Gasteiger partial charge in [-0.3, -0.25) is 5.10 Å². The third-order valence-corrected chi connectivity index (χ3v) is 5.30. The molecule has 1 saturated carbocycles. The fourth-order valence-electron chi connectivity index (χ4n) is 3.77. The highest BCUT2D eigenvalue weighted by Gasteiger charge is 2.25. The molecule has 2 aliphatic rings. The highest BCUT2D eigenvalue weighted by atomic mass is 15.4. The van der Waals surface area contributed by atoms with Crippen molar-refractivity contribution in [1.29, 1.82) is 0 Å². The molecule has 5 nitrogen and oxygen atoms in total. The predicted molar refractivity (Wildman–Crippen MR) is 85.4 cm³/mol. The summed E-state index contributed by atoms with van der Waals surface area (Å²) >= 11 is 0. The van der Waals surface area contributed by atoms with Crippen molar-refractivity contribution in [2.24, 2.45) is 11.7 Å². The van der Waals surface area contributed by atoms with Gasteiger partial charge in [-0.05, 0) is 38.5 Å². The van der Waals surface area contributed by atoms with E-state index in [1.165, 1.54) is 38.5 Å². The molecule has 1 saturated heterocycles. The van der Waals surface area contributed by atoms with Gasteiger partial charge in [-0.1, -0.05) is 25.7 Å².